The number of para-hydroxylation sites is 1. The number of nitrogens with zero attached hydrogens (tertiary/aromatic N) is 2. The van der Waals surface area contributed by atoms with Crippen molar-refractivity contribution in [2.24, 2.45) is 0 Å². The van der Waals surface area contributed by atoms with Crippen molar-refractivity contribution >= 4 is 44.1 Å². The van der Waals surface area contributed by atoms with E-state index < -0.39 is 27.3 Å². The summed E-state index contributed by atoms with van der Waals surface area (Å²) < 4.78 is 36.5. The molecule has 47 heavy (non-hydrogen) atoms. The standard InChI is InChI=1S/C35H44N4O7S/c1-47(43,44)32-11-5-4-10-28(32)39-19-14-27(29(40)24-39)36-34(42)35(15-6-2-7-16-35)37-33(41)31-23-25-22-26(12-13-30(25)46-31)45-21-20-38-17-8-3-9-18-38/h4-5,10-13,22-23,27H,2-3,6-9,14-21,24H2,1H3,(H,36,42)(H,37,41). The summed E-state index contributed by atoms with van der Waals surface area (Å²) in [5, 5.41) is 6.66. The molecule has 2 amide bonds. The normalized spacial score (nSPS) is 20.6. The van der Waals surface area contributed by atoms with Crippen LogP contribution in [-0.4, -0.2) is 88.1 Å². The first-order chi connectivity index (χ1) is 22.6. The molecule has 12 heteroatoms. The first-order valence-electron chi connectivity index (χ1n) is 16.7. The maximum absolute atomic E-state index is 13.8. The minimum atomic E-state index is -3.49. The van der Waals surface area contributed by atoms with Crippen LogP contribution in [0.25, 0.3) is 11.0 Å². The molecule has 252 valence electrons. The number of benzene rings is 2. The molecule has 1 atom stereocenters. The highest BCUT2D eigenvalue weighted by molar-refractivity contribution is 7.90. The van der Waals surface area contributed by atoms with Crippen molar-refractivity contribution in [1.82, 2.24) is 15.5 Å². The number of anilines is 1. The lowest BCUT2D eigenvalue weighted by atomic mass is 9.80. The van der Waals surface area contributed by atoms with E-state index in [1.54, 1.807) is 35.2 Å². The first-order valence-corrected chi connectivity index (χ1v) is 18.6. The summed E-state index contributed by atoms with van der Waals surface area (Å²) in [7, 11) is -3.49. The van der Waals surface area contributed by atoms with Crippen LogP contribution in [0.4, 0.5) is 5.69 Å². The van der Waals surface area contributed by atoms with Crippen molar-refractivity contribution in [3.05, 3.63) is 54.3 Å². The van der Waals surface area contributed by atoms with Gasteiger partial charge in [0, 0.05) is 24.7 Å². The zero-order chi connectivity index (χ0) is 33.0. The summed E-state index contributed by atoms with van der Waals surface area (Å²) in [6.45, 7) is 4.05. The Balaban J connectivity index is 1.09. The van der Waals surface area contributed by atoms with Gasteiger partial charge < -0.3 is 24.7 Å². The molecule has 2 saturated heterocycles. The fourth-order valence-electron chi connectivity index (χ4n) is 7.05. The van der Waals surface area contributed by atoms with Crippen LogP contribution in [0.3, 0.4) is 0 Å². The highest BCUT2D eigenvalue weighted by atomic mass is 32.2. The molecular formula is C35H44N4O7S. The fourth-order valence-corrected chi connectivity index (χ4v) is 7.95. The number of Topliss-reactive ketones (excluding diaryl/α,β-unsaturated/α-hetero) is 1. The number of sulfone groups is 1. The topological polar surface area (TPSA) is 138 Å². The maximum atomic E-state index is 13.8. The fraction of sp³-hybridized carbons (Fsp3) is 0.514. The van der Waals surface area contributed by atoms with Gasteiger partial charge in [-0.2, -0.15) is 0 Å². The molecule has 2 N–H and O–H groups in total. The van der Waals surface area contributed by atoms with Crippen molar-refractivity contribution in [3.8, 4) is 5.75 Å². The molecule has 0 radical (unpaired) electrons. The molecule has 0 bridgehead atoms. The van der Waals surface area contributed by atoms with E-state index in [0.29, 0.717) is 49.4 Å². The van der Waals surface area contributed by atoms with Gasteiger partial charge in [0.25, 0.3) is 5.91 Å². The Labute approximate surface area is 275 Å². The second-order valence-electron chi connectivity index (χ2n) is 13.1. The zero-order valence-corrected chi connectivity index (χ0v) is 27.8. The average Bonchev–Trinajstić information content (AvgIpc) is 3.50. The molecule has 1 unspecified atom stereocenters. The van der Waals surface area contributed by atoms with E-state index in [1.165, 1.54) is 25.3 Å². The molecule has 2 aliphatic heterocycles. The second kappa shape index (κ2) is 14.1. The summed E-state index contributed by atoms with van der Waals surface area (Å²) in [4.78, 5) is 45.0. The van der Waals surface area contributed by atoms with E-state index in [1.807, 2.05) is 12.1 Å². The molecule has 2 aromatic carbocycles. The van der Waals surface area contributed by atoms with Gasteiger partial charge in [-0.25, -0.2) is 8.42 Å². The summed E-state index contributed by atoms with van der Waals surface area (Å²) in [5.74, 6) is -0.256. The molecule has 11 nitrogen and oxygen atoms in total. The molecule has 1 saturated carbocycles. The smallest absolute Gasteiger partial charge is 0.287 e. The molecular weight excluding hydrogens is 620 g/mol. The molecule has 6 rings (SSSR count). The quantitative estimate of drug-likeness (QED) is 0.328. The SMILES string of the molecule is CS(=O)(=O)c1ccccc1N1CCC(NC(=O)C2(NC(=O)c3cc4cc(OCCN5CCCCC5)ccc4o3)CCCCC2)C(=O)C1. The molecule has 3 fully saturated rings. The number of fused-ring (bicyclic) bond motifs is 1. The highest BCUT2D eigenvalue weighted by Crippen LogP contribution is 2.32. The predicted molar refractivity (Wildman–Crippen MR) is 179 cm³/mol. The third kappa shape index (κ3) is 7.65. The van der Waals surface area contributed by atoms with Crippen LogP contribution in [0.5, 0.6) is 5.75 Å². The first kappa shape index (κ1) is 33.0. The van der Waals surface area contributed by atoms with Crippen LogP contribution in [0, 0.1) is 0 Å². The third-order valence-electron chi connectivity index (χ3n) is 9.66. The second-order valence-corrected chi connectivity index (χ2v) is 15.1. The number of rotatable bonds is 10. The Morgan fingerprint density at radius 2 is 1.72 bits per heavy atom. The van der Waals surface area contributed by atoms with Crippen molar-refractivity contribution in [2.75, 3.05) is 50.5 Å². The van der Waals surface area contributed by atoms with Crippen LogP contribution in [-0.2, 0) is 19.4 Å². The van der Waals surface area contributed by atoms with E-state index >= 15 is 0 Å². The van der Waals surface area contributed by atoms with Crippen LogP contribution in [0.2, 0.25) is 0 Å². The Morgan fingerprint density at radius 3 is 2.47 bits per heavy atom. The Hall–Kier alpha value is -3.90. The van der Waals surface area contributed by atoms with Gasteiger partial charge in [0.1, 0.15) is 23.5 Å². The number of carbonyl (C=O) groups is 3. The van der Waals surface area contributed by atoms with Crippen molar-refractivity contribution in [2.45, 2.75) is 74.3 Å². The Bertz CT molecular complexity index is 1720. The lowest BCUT2D eigenvalue weighted by molar-refractivity contribution is -0.133. The number of ketones is 1. The number of furan rings is 1. The number of hydrogen-bond acceptors (Lipinski definition) is 9. The lowest BCUT2D eigenvalue weighted by Crippen LogP contribution is -2.63. The van der Waals surface area contributed by atoms with Crippen LogP contribution >= 0.6 is 0 Å². The van der Waals surface area contributed by atoms with Gasteiger partial charge >= 0.3 is 0 Å². The van der Waals surface area contributed by atoms with Crippen molar-refractivity contribution < 1.29 is 32.0 Å². The molecule has 1 aliphatic carbocycles. The van der Waals surface area contributed by atoms with E-state index in [9.17, 15) is 22.8 Å². The van der Waals surface area contributed by atoms with Crippen molar-refractivity contribution in [1.29, 1.82) is 0 Å². The van der Waals surface area contributed by atoms with Crippen LogP contribution < -0.4 is 20.3 Å². The van der Waals surface area contributed by atoms with Gasteiger partial charge in [-0.05, 0) is 81.6 Å². The van der Waals surface area contributed by atoms with Gasteiger partial charge in [-0.3, -0.25) is 19.3 Å². The summed E-state index contributed by atoms with van der Waals surface area (Å²) in [5.41, 5.74) is -0.140. The minimum Gasteiger partial charge on any atom is -0.492 e. The number of nitrogens with one attached hydrogen (secondary N) is 2. The van der Waals surface area contributed by atoms with E-state index in [4.69, 9.17) is 9.15 Å². The summed E-state index contributed by atoms with van der Waals surface area (Å²) in [6.07, 6.45) is 8.61. The largest absolute Gasteiger partial charge is 0.492 e. The number of piperidine rings is 2. The average molecular weight is 665 g/mol. The molecule has 3 heterocycles. The van der Waals surface area contributed by atoms with E-state index in [2.05, 4.69) is 15.5 Å². The molecule has 3 aliphatic rings. The highest BCUT2D eigenvalue weighted by Gasteiger charge is 2.43. The van der Waals surface area contributed by atoms with E-state index in [-0.39, 0.29) is 28.9 Å². The van der Waals surface area contributed by atoms with E-state index in [0.717, 1.165) is 50.5 Å². The predicted octanol–water partition coefficient (Wildman–Crippen LogP) is 4.10. The number of ether oxygens (including phenoxy) is 1. The summed E-state index contributed by atoms with van der Waals surface area (Å²) in [6, 6.07) is 13.0. The number of hydrogen-bond donors (Lipinski definition) is 2. The zero-order valence-electron chi connectivity index (χ0n) is 27.0. The van der Waals surface area contributed by atoms with Crippen LogP contribution in [0.15, 0.2) is 57.8 Å². The summed E-state index contributed by atoms with van der Waals surface area (Å²) >= 11 is 0. The van der Waals surface area contributed by atoms with Crippen LogP contribution in [0.1, 0.15) is 68.3 Å². The van der Waals surface area contributed by atoms with Gasteiger partial charge in [0.05, 0.1) is 23.2 Å². The van der Waals surface area contributed by atoms with Gasteiger partial charge in [0.2, 0.25) is 5.91 Å². The van der Waals surface area contributed by atoms with Gasteiger partial charge in [0.15, 0.2) is 21.4 Å². The third-order valence-corrected chi connectivity index (χ3v) is 10.8. The Kier molecular flexibility index (Phi) is 9.88. The lowest BCUT2D eigenvalue weighted by Gasteiger charge is -2.39. The van der Waals surface area contributed by atoms with Gasteiger partial charge in [-0.1, -0.05) is 37.8 Å². The molecule has 1 aromatic heterocycles. The molecule has 0 spiro atoms. The number of likely N-dealkylation sites (tertiary alicyclic amines) is 1. The minimum absolute atomic E-state index is 0.0280. The van der Waals surface area contributed by atoms with Crippen molar-refractivity contribution in [3.63, 3.8) is 0 Å². The monoisotopic (exact) mass is 664 g/mol. The Morgan fingerprint density at radius 1 is 0.979 bits per heavy atom. The van der Waals surface area contributed by atoms with Gasteiger partial charge in [-0.15, -0.1) is 0 Å². The molecule has 3 aromatic rings. The number of amides is 2. The number of carbonyl (C=O) groups excluding carboxylic acids is 3. The maximum Gasteiger partial charge on any atom is 0.287 e.